The molecule has 2 saturated heterocycles. The van der Waals surface area contributed by atoms with Crippen LogP contribution in [0, 0.1) is 6.92 Å². The van der Waals surface area contributed by atoms with Crippen LogP contribution in [-0.2, 0) is 0 Å². The zero-order chi connectivity index (χ0) is 21.5. The maximum absolute atomic E-state index is 14.7. The molecule has 164 valence electrons. The molecule has 4 heterocycles. The van der Waals surface area contributed by atoms with Gasteiger partial charge in [-0.2, -0.15) is 15.1 Å². The molecule has 0 amide bonds. The zero-order valence-corrected chi connectivity index (χ0v) is 17.8. The normalized spacial score (nSPS) is 24.1. The number of β-amino-alcohol motifs (C(OH)–C–C–N with tert-alkyl or cyclic N) is 1. The molecule has 0 radical (unpaired) electrons. The maximum atomic E-state index is 14.7. The molecule has 2 aromatic heterocycles. The first-order valence-electron chi connectivity index (χ1n) is 10.7. The number of aromatic nitrogens is 4. The third kappa shape index (κ3) is 3.72. The Morgan fingerprint density at radius 2 is 2.03 bits per heavy atom. The predicted octanol–water partition coefficient (Wildman–Crippen LogP) is 2.12. The topological polar surface area (TPSA) is 88.3 Å². The van der Waals surface area contributed by atoms with Crippen LogP contribution in [0.25, 0.3) is 16.7 Å². The summed E-state index contributed by atoms with van der Waals surface area (Å²) in [4.78, 5) is 11.0. The Labute approximate surface area is 180 Å². The quantitative estimate of drug-likeness (QED) is 0.661. The zero-order valence-electron chi connectivity index (χ0n) is 17.8. The summed E-state index contributed by atoms with van der Waals surface area (Å²) < 4.78 is 21.8. The molecule has 3 aromatic rings. The molecule has 2 N–H and O–H groups in total. The van der Waals surface area contributed by atoms with Crippen molar-refractivity contribution in [2.75, 3.05) is 38.2 Å². The van der Waals surface area contributed by atoms with Gasteiger partial charge in [0.1, 0.15) is 12.0 Å². The highest BCUT2D eigenvalue weighted by atomic mass is 19.1. The fraction of sp³-hybridized carbons (Fsp3) is 0.500. The van der Waals surface area contributed by atoms with Crippen molar-refractivity contribution in [2.24, 2.45) is 0 Å². The monoisotopic (exact) mass is 426 g/mol. The number of fused-ring (bicyclic) bond motifs is 1. The van der Waals surface area contributed by atoms with Crippen molar-refractivity contribution in [1.29, 1.82) is 0 Å². The SMILES string of the molecule is COc1nc(N2CC[C@@H](O)C2)cc(-n2ncc3cc(C)c(C4CCNCC4F)cc32)n1. The van der Waals surface area contributed by atoms with Crippen LogP contribution in [0.2, 0.25) is 0 Å². The molecule has 3 atom stereocenters. The number of alkyl halides is 1. The number of nitrogens with zero attached hydrogens (tertiary/aromatic N) is 5. The van der Waals surface area contributed by atoms with Gasteiger partial charge in [-0.25, -0.2) is 9.07 Å². The molecule has 31 heavy (non-hydrogen) atoms. The van der Waals surface area contributed by atoms with E-state index in [1.54, 1.807) is 10.9 Å². The average molecular weight is 426 g/mol. The largest absolute Gasteiger partial charge is 0.467 e. The molecule has 2 fully saturated rings. The minimum atomic E-state index is -0.909. The first kappa shape index (κ1) is 20.1. The summed E-state index contributed by atoms with van der Waals surface area (Å²) in [5.41, 5.74) is 2.97. The molecular formula is C22H27FN6O2. The summed E-state index contributed by atoms with van der Waals surface area (Å²) in [6.45, 7) is 4.48. The van der Waals surface area contributed by atoms with Gasteiger partial charge in [0, 0.05) is 37.0 Å². The minimum absolute atomic E-state index is 0.129. The Morgan fingerprint density at radius 3 is 2.77 bits per heavy atom. The number of ether oxygens (including phenoxy) is 1. The number of anilines is 1. The van der Waals surface area contributed by atoms with Crippen molar-refractivity contribution >= 4 is 16.7 Å². The van der Waals surface area contributed by atoms with Crippen molar-refractivity contribution < 1.29 is 14.2 Å². The number of nitrogens with one attached hydrogen (secondary N) is 1. The third-order valence-electron chi connectivity index (χ3n) is 6.33. The molecule has 1 aromatic carbocycles. The fourth-order valence-corrected chi connectivity index (χ4v) is 4.67. The molecule has 0 spiro atoms. The molecule has 0 bridgehead atoms. The molecule has 5 rings (SSSR count). The fourth-order valence-electron chi connectivity index (χ4n) is 4.67. The molecule has 0 saturated carbocycles. The van der Waals surface area contributed by atoms with E-state index >= 15 is 0 Å². The first-order chi connectivity index (χ1) is 15.0. The maximum Gasteiger partial charge on any atom is 0.320 e. The molecule has 2 aliphatic heterocycles. The van der Waals surface area contributed by atoms with Crippen LogP contribution in [0.5, 0.6) is 6.01 Å². The van der Waals surface area contributed by atoms with Gasteiger partial charge in [0.25, 0.3) is 0 Å². The lowest BCUT2D eigenvalue weighted by Gasteiger charge is -2.28. The molecule has 9 heteroatoms. The van der Waals surface area contributed by atoms with E-state index in [0.29, 0.717) is 31.1 Å². The van der Waals surface area contributed by atoms with Crippen LogP contribution >= 0.6 is 0 Å². The molecule has 2 aliphatic rings. The lowest BCUT2D eigenvalue weighted by molar-refractivity contribution is 0.198. The number of benzene rings is 1. The number of hydrogen-bond acceptors (Lipinski definition) is 7. The molecule has 8 nitrogen and oxygen atoms in total. The van der Waals surface area contributed by atoms with Gasteiger partial charge in [0.05, 0.1) is 24.9 Å². The average Bonchev–Trinajstić information content (AvgIpc) is 3.39. The van der Waals surface area contributed by atoms with Gasteiger partial charge in [0.15, 0.2) is 5.82 Å². The van der Waals surface area contributed by atoms with Gasteiger partial charge in [0.2, 0.25) is 0 Å². The van der Waals surface area contributed by atoms with E-state index in [9.17, 15) is 9.50 Å². The predicted molar refractivity (Wildman–Crippen MR) is 116 cm³/mol. The van der Waals surface area contributed by atoms with Gasteiger partial charge in [-0.3, -0.25) is 0 Å². The van der Waals surface area contributed by atoms with E-state index in [2.05, 4.69) is 26.4 Å². The van der Waals surface area contributed by atoms with Crippen molar-refractivity contribution in [2.45, 2.75) is 38.0 Å². The van der Waals surface area contributed by atoms with Gasteiger partial charge >= 0.3 is 6.01 Å². The minimum Gasteiger partial charge on any atom is -0.467 e. The second-order valence-corrected chi connectivity index (χ2v) is 8.40. The second-order valence-electron chi connectivity index (χ2n) is 8.40. The number of rotatable bonds is 4. The van der Waals surface area contributed by atoms with Crippen LogP contribution in [-0.4, -0.2) is 70.4 Å². The Hall–Kier alpha value is -2.78. The highest BCUT2D eigenvalue weighted by Crippen LogP contribution is 2.33. The number of halogens is 1. The first-order valence-corrected chi connectivity index (χ1v) is 10.7. The summed E-state index contributed by atoms with van der Waals surface area (Å²) in [6, 6.07) is 6.22. The van der Waals surface area contributed by atoms with E-state index in [1.807, 2.05) is 24.0 Å². The standard InChI is InChI=1S/C22H27FN6O2/c1-13-7-14-10-25-29(19(14)8-17(13)16-3-5-24-11-18(16)23)21-9-20(26-22(27-21)31-2)28-6-4-15(30)12-28/h7-10,15-16,18,24,30H,3-6,11-12H2,1-2H3/t15-,16?,18?/m1/s1. The summed E-state index contributed by atoms with van der Waals surface area (Å²) in [5.74, 6) is 1.14. The molecular weight excluding hydrogens is 399 g/mol. The summed E-state index contributed by atoms with van der Waals surface area (Å²) in [5, 5.41) is 18.6. The van der Waals surface area contributed by atoms with Crippen LogP contribution < -0.4 is 15.0 Å². The highest BCUT2D eigenvalue weighted by molar-refractivity contribution is 5.82. The number of aliphatic hydroxyl groups is 1. The smallest absolute Gasteiger partial charge is 0.320 e. The Morgan fingerprint density at radius 1 is 1.19 bits per heavy atom. The number of aryl methyl sites for hydroxylation is 1. The van der Waals surface area contributed by atoms with E-state index in [1.165, 1.54) is 7.11 Å². The van der Waals surface area contributed by atoms with Gasteiger partial charge < -0.3 is 20.1 Å². The number of aliphatic hydroxyl groups excluding tert-OH is 1. The number of piperidine rings is 1. The van der Waals surface area contributed by atoms with Crippen LogP contribution in [0.3, 0.4) is 0 Å². The lowest BCUT2D eigenvalue weighted by Crippen LogP contribution is -2.36. The van der Waals surface area contributed by atoms with Crippen molar-refractivity contribution in [3.63, 3.8) is 0 Å². The van der Waals surface area contributed by atoms with Crippen LogP contribution in [0.1, 0.15) is 29.9 Å². The van der Waals surface area contributed by atoms with E-state index in [0.717, 1.165) is 41.5 Å². The van der Waals surface area contributed by atoms with E-state index in [4.69, 9.17) is 4.74 Å². The van der Waals surface area contributed by atoms with Gasteiger partial charge in [-0.05, 0) is 49.6 Å². The second kappa shape index (κ2) is 8.05. The summed E-state index contributed by atoms with van der Waals surface area (Å²) >= 11 is 0. The lowest BCUT2D eigenvalue weighted by atomic mass is 9.85. The van der Waals surface area contributed by atoms with Crippen molar-refractivity contribution in [1.82, 2.24) is 25.1 Å². The third-order valence-corrected chi connectivity index (χ3v) is 6.33. The van der Waals surface area contributed by atoms with Crippen LogP contribution in [0.15, 0.2) is 24.4 Å². The van der Waals surface area contributed by atoms with Gasteiger partial charge in [-0.15, -0.1) is 0 Å². The summed E-state index contributed by atoms with van der Waals surface area (Å²) in [6.07, 6.45) is 2.00. The Bertz CT molecular complexity index is 1100. The van der Waals surface area contributed by atoms with Gasteiger partial charge in [-0.1, -0.05) is 0 Å². The Balaban J connectivity index is 1.59. The van der Waals surface area contributed by atoms with Crippen LogP contribution in [0.4, 0.5) is 10.2 Å². The van der Waals surface area contributed by atoms with E-state index in [-0.39, 0.29) is 18.0 Å². The van der Waals surface area contributed by atoms with E-state index < -0.39 is 6.17 Å². The molecule has 2 unspecified atom stereocenters. The number of hydrogen-bond donors (Lipinski definition) is 2. The summed E-state index contributed by atoms with van der Waals surface area (Å²) in [7, 11) is 1.53. The number of methoxy groups -OCH3 is 1. The highest BCUT2D eigenvalue weighted by Gasteiger charge is 2.28. The van der Waals surface area contributed by atoms with Crippen molar-refractivity contribution in [3.05, 3.63) is 35.5 Å². The Kier molecular flexibility index (Phi) is 5.23. The molecule has 0 aliphatic carbocycles. The van der Waals surface area contributed by atoms with Crippen molar-refractivity contribution in [3.8, 4) is 11.8 Å².